The monoisotopic (exact) mass is 234 g/mol. The van der Waals surface area contributed by atoms with Crippen molar-refractivity contribution in [2.75, 3.05) is 0 Å². The second-order valence-electron chi connectivity index (χ2n) is 3.68. The van der Waals surface area contributed by atoms with E-state index in [1.54, 1.807) is 6.20 Å². The summed E-state index contributed by atoms with van der Waals surface area (Å²) >= 11 is 1.52. The number of thiophene rings is 1. The molecule has 0 atom stereocenters. The number of carbonyl (C=O) groups excluding carboxylic acids is 1. The first-order chi connectivity index (χ1) is 7.72. The summed E-state index contributed by atoms with van der Waals surface area (Å²) in [7, 11) is 0. The lowest BCUT2D eigenvalue weighted by atomic mass is 10.3. The minimum absolute atomic E-state index is 0.0246. The lowest BCUT2D eigenvalue weighted by Crippen LogP contribution is -2.09. The molecule has 4 heteroatoms. The molecular weight excluding hydrogens is 220 g/mol. The Morgan fingerprint density at radius 2 is 2.31 bits per heavy atom. The standard InChI is InChI=1S/C12H14N2OS/c1-3-7-14-8-6-13-12(14)11(15)10-5-4-9(2)16-10/h4-6,8H,3,7H2,1-2H3. The first-order valence-electron chi connectivity index (χ1n) is 5.34. The summed E-state index contributed by atoms with van der Waals surface area (Å²) in [5.41, 5.74) is 0. The minimum Gasteiger partial charge on any atom is -0.328 e. The zero-order chi connectivity index (χ0) is 11.5. The highest BCUT2D eigenvalue weighted by molar-refractivity contribution is 7.14. The number of imidazole rings is 1. The number of aryl methyl sites for hydroxylation is 2. The molecule has 0 saturated carbocycles. The van der Waals surface area contributed by atoms with Crippen LogP contribution < -0.4 is 0 Å². The fourth-order valence-electron chi connectivity index (χ4n) is 1.61. The number of aromatic nitrogens is 2. The fraction of sp³-hybridized carbons (Fsp3) is 0.333. The van der Waals surface area contributed by atoms with Gasteiger partial charge < -0.3 is 4.57 Å². The Balaban J connectivity index is 2.30. The van der Waals surface area contributed by atoms with Crippen LogP contribution in [0.5, 0.6) is 0 Å². The van der Waals surface area contributed by atoms with Crippen LogP contribution >= 0.6 is 11.3 Å². The number of carbonyl (C=O) groups is 1. The summed E-state index contributed by atoms with van der Waals surface area (Å²) in [6.45, 7) is 4.93. The van der Waals surface area contributed by atoms with E-state index in [0.29, 0.717) is 5.82 Å². The molecule has 2 aromatic heterocycles. The van der Waals surface area contributed by atoms with Gasteiger partial charge in [-0.2, -0.15) is 0 Å². The smallest absolute Gasteiger partial charge is 0.238 e. The van der Waals surface area contributed by atoms with E-state index in [0.717, 1.165) is 22.7 Å². The van der Waals surface area contributed by atoms with Gasteiger partial charge in [-0.1, -0.05) is 6.92 Å². The Bertz CT molecular complexity index is 499. The number of rotatable bonds is 4. The summed E-state index contributed by atoms with van der Waals surface area (Å²) in [5, 5.41) is 0. The van der Waals surface area contributed by atoms with Crippen molar-refractivity contribution in [3.63, 3.8) is 0 Å². The Hall–Kier alpha value is -1.42. The van der Waals surface area contributed by atoms with E-state index in [2.05, 4.69) is 11.9 Å². The molecule has 0 amide bonds. The van der Waals surface area contributed by atoms with Crippen molar-refractivity contribution in [3.8, 4) is 0 Å². The number of ketones is 1. The summed E-state index contributed by atoms with van der Waals surface area (Å²) in [6, 6.07) is 3.83. The zero-order valence-electron chi connectivity index (χ0n) is 9.43. The van der Waals surface area contributed by atoms with E-state index in [1.807, 2.05) is 29.8 Å². The van der Waals surface area contributed by atoms with E-state index in [9.17, 15) is 4.79 Å². The first kappa shape index (κ1) is 11.1. The molecule has 2 rings (SSSR count). The van der Waals surface area contributed by atoms with Crippen molar-refractivity contribution in [1.82, 2.24) is 9.55 Å². The molecule has 0 aliphatic rings. The van der Waals surface area contributed by atoms with Crippen LogP contribution in [0.4, 0.5) is 0 Å². The Kier molecular flexibility index (Phi) is 3.19. The molecule has 0 spiro atoms. The highest BCUT2D eigenvalue weighted by Crippen LogP contribution is 2.18. The van der Waals surface area contributed by atoms with Gasteiger partial charge >= 0.3 is 0 Å². The van der Waals surface area contributed by atoms with Crippen molar-refractivity contribution in [2.24, 2.45) is 0 Å². The normalized spacial score (nSPS) is 10.6. The zero-order valence-corrected chi connectivity index (χ0v) is 10.3. The third kappa shape index (κ3) is 2.07. The van der Waals surface area contributed by atoms with E-state index in [4.69, 9.17) is 0 Å². The lowest BCUT2D eigenvalue weighted by Gasteiger charge is -2.03. The molecule has 0 radical (unpaired) electrons. The SMILES string of the molecule is CCCn1ccnc1C(=O)c1ccc(C)s1. The Morgan fingerprint density at radius 3 is 2.94 bits per heavy atom. The van der Waals surface area contributed by atoms with Crippen LogP contribution in [0, 0.1) is 6.92 Å². The van der Waals surface area contributed by atoms with E-state index >= 15 is 0 Å². The molecule has 84 valence electrons. The van der Waals surface area contributed by atoms with Gasteiger partial charge in [0.1, 0.15) is 0 Å². The van der Waals surface area contributed by atoms with Crippen molar-refractivity contribution < 1.29 is 4.79 Å². The quantitative estimate of drug-likeness (QED) is 0.762. The van der Waals surface area contributed by atoms with Crippen LogP contribution in [0.25, 0.3) is 0 Å². The molecule has 0 bridgehead atoms. The van der Waals surface area contributed by atoms with Gasteiger partial charge in [0.25, 0.3) is 0 Å². The third-order valence-electron chi connectivity index (χ3n) is 2.35. The van der Waals surface area contributed by atoms with Crippen molar-refractivity contribution in [2.45, 2.75) is 26.8 Å². The second-order valence-corrected chi connectivity index (χ2v) is 4.97. The molecular formula is C12H14N2OS. The third-order valence-corrected chi connectivity index (χ3v) is 3.35. The van der Waals surface area contributed by atoms with Gasteiger partial charge in [-0.3, -0.25) is 4.79 Å². The molecule has 2 aromatic rings. The van der Waals surface area contributed by atoms with Gasteiger partial charge in [-0.25, -0.2) is 4.98 Å². The molecule has 0 saturated heterocycles. The summed E-state index contributed by atoms with van der Waals surface area (Å²) in [5.74, 6) is 0.570. The molecule has 2 heterocycles. The minimum atomic E-state index is 0.0246. The van der Waals surface area contributed by atoms with Crippen LogP contribution in [-0.2, 0) is 6.54 Å². The lowest BCUT2D eigenvalue weighted by molar-refractivity contribution is 0.102. The molecule has 0 fully saturated rings. The van der Waals surface area contributed by atoms with Crippen molar-refractivity contribution >= 4 is 17.1 Å². The summed E-state index contributed by atoms with van der Waals surface area (Å²) < 4.78 is 1.91. The van der Waals surface area contributed by atoms with Gasteiger partial charge in [0.15, 0.2) is 5.82 Å². The second kappa shape index (κ2) is 4.61. The van der Waals surface area contributed by atoms with E-state index in [-0.39, 0.29) is 5.78 Å². The van der Waals surface area contributed by atoms with Crippen molar-refractivity contribution in [1.29, 1.82) is 0 Å². The van der Waals surface area contributed by atoms with Crippen LogP contribution in [0.2, 0.25) is 0 Å². The average Bonchev–Trinajstić information content (AvgIpc) is 2.87. The van der Waals surface area contributed by atoms with Crippen LogP contribution in [-0.4, -0.2) is 15.3 Å². The van der Waals surface area contributed by atoms with Gasteiger partial charge in [-0.05, 0) is 25.5 Å². The molecule has 0 aliphatic heterocycles. The number of hydrogen-bond donors (Lipinski definition) is 0. The first-order valence-corrected chi connectivity index (χ1v) is 6.16. The maximum atomic E-state index is 12.1. The molecule has 3 nitrogen and oxygen atoms in total. The molecule has 0 aliphatic carbocycles. The van der Waals surface area contributed by atoms with Crippen molar-refractivity contribution in [3.05, 3.63) is 40.1 Å². The van der Waals surface area contributed by atoms with Gasteiger partial charge in [0.05, 0.1) is 4.88 Å². The van der Waals surface area contributed by atoms with Gasteiger partial charge in [0, 0.05) is 23.8 Å². The van der Waals surface area contributed by atoms with Gasteiger partial charge in [-0.15, -0.1) is 11.3 Å². The highest BCUT2D eigenvalue weighted by Gasteiger charge is 2.16. The predicted octanol–water partition coefficient (Wildman–Crippen LogP) is 2.89. The van der Waals surface area contributed by atoms with E-state index < -0.39 is 0 Å². The average molecular weight is 234 g/mol. The number of nitrogens with zero attached hydrogens (tertiary/aromatic N) is 2. The topological polar surface area (TPSA) is 34.9 Å². The van der Waals surface area contributed by atoms with Crippen LogP contribution in [0.15, 0.2) is 24.5 Å². The molecule has 0 aromatic carbocycles. The van der Waals surface area contributed by atoms with Gasteiger partial charge in [0.2, 0.25) is 5.78 Å². The molecule has 0 unspecified atom stereocenters. The Labute approximate surface area is 98.8 Å². The maximum absolute atomic E-state index is 12.1. The van der Waals surface area contributed by atoms with Crippen LogP contribution in [0.3, 0.4) is 0 Å². The molecule has 0 N–H and O–H groups in total. The van der Waals surface area contributed by atoms with E-state index in [1.165, 1.54) is 11.3 Å². The summed E-state index contributed by atoms with van der Waals surface area (Å²) in [4.78, 5) is 18.2. The Morgan fingerprint density at radius 1 is 1.50 bits per heavy atom. The van der Waals surface area contributed by atoms with Crippen LogP contribution in [0.1, 0.15) is 33.7 Å². The molecule has 16 heavy (non-hydrogen) atoms. The predicted molar refractivity (Wildman–Crippen MR) is 65.0 cm³/mol. The summed E-state index contributed by atoms with van der Waals surface area (Å²) in [6.07, 6.45) is 4.54. The fourth-order valence-corrected chi connectivity index (χ4v) is 2.41. The number of hydrogen-bond acceptors (Lipinski definition) is 3. The highest BCUT2D eigenvalue weighted by atomic mass is 32.1. The largest absolute Gasteiger partial charge is 0.328 e. The maximum Gasteiger partial charge on any atom is 0.238 e.